The van der Waals surface area contributed by atoms with E-state index in [1.165, 1.54) is 17.0 Å². The Kier molecular flexibility index (Phi) is 5.90. The van der Waals surface area contributed by atoms with Gasteiger partial charge in [-0.1, -0.05) is 18.2 Å². The maximum absolute atomic E-state index is 12.8. The Balaban J connectivity index is 1.68. The Hall–Kier alpha value is -1.72. The Labute approximate surface area is 128 Å². The summed E-state index contributed by atoms with van der Waals surface area (Å²) in [7, 11) is 1.88. The van der Waals surface area contributed by atoms with Gasteiger partial charge in [0.25, 0.3) is 0 Å². The third-order valence-corrected chi connectivity index (χ3v) is 3.99. The van der Waals surface area contributed by atoms with Crippen molar-refractivity contribution < 1.29 is 9.18 Å². The maximum Gasteiger partial charge on any atom is 0.234 e. The van der Waals surface area contributed by atoms with E-state index in [0.717, 1.165) is 12.0 Å². The molecule has 0 bridgehead atoms. The smallest absolute Gasteiger partial charge is 0.234 e. The molecule has 1 aromatic heterocycles. The van der Waals surface area contributed by atoms with E-state index in [0.29, 0.717) is 19.6 Å². The third kappa shape index (κ3) is 5.65. The molecule has 0 atom stereocenters. The quantitative estimate of drug-likeness (QED) is 0.853. The number of hydrogen-bond donors (Lipinski definition) is 1. The highest BCUT2D eigenvalue weighted by Crippen LogP contribution is 2.08. The summed E-state index contributed by atoms with van der Waals surface area (Å²) >= 11 is 1.70. The number of likely N-dealkylation sites (N-methyl/N-ethyl adjacent to an activating group) is 1. The highest BCUT2D eigenvalue weighted by atomic mass is 32.1. The summed E-state index contributed by atoms with van der Waals surface area (Å²) in [4.78, 5) is 15.0. The summed E-state index contributed by atoms with van der Waals surface area (Å²) < 4.78 is 12.8. The average Bonchev–Trinajstić information content (AvgIpc) is 2.94. The van der Waals surface area contributed by atoms with Crippen LogP contribution < -0.4 is 5.32 Å². The van der Waals surface area contributed by atoms with Crippen LogP contribution in [0.2, 0.25) is 0 Å². The van der Waals surface area contributed by atoms with Crippen LogP contribution in [0.25, 0.3) is 0 Å². The summed E-state index contributed by atoms with van der Waals surface area (Å²) in [6.07, 6.45) is 0.866. The second-order valence-electron chi connectivity index (χ2n) is 4.98. The highest BCUT2D eigenvalue weighted by molar-refractivity contribution is 7.09. The highest BCUT2D eigenvalue weighted by Gasteiger charge is 2.07. The van der Waals surface area contributed by atoms with Crippen molar-refractivity contribution in [3.05, 3.63) is 58.0 Å². The molecule has 0 aliphatic rings. The standard InChI is InChI=1S/C16H19FN2OS/c1-19(11-13-4-6-14(17)7-5-13)12-16(20)18-9-8-15-3-2-10-21-15/h2-7,10H,8-9,11-12H2,1H3,(H,18,20). The molecule has 0 spiro atoms. The van der Waals surface area contributed by atoms with Crippen LogP contribution in [0.3, 0.4) is 0 Å². The van der Waals surface area contributed by atoms with Crippen molar-refractivity contribution in [2.75, 3.05) is 20.1 Å². The molecule has 0 aliphatic carbocycles. The van der Waals surface area contributed by atoms with Gasteiger partial charge in [0, 0.05) is 18.0 Å². The fraction of sp³-hybridized carbons (Fsp3) is 0.312. The molecule has 0 saturated carbocycles. The number of thiophene rings is 1. The van der Waals surface area contributed by atoms with E-state index in [4.69, 9.17) is 0 Å². The number of hydrogen-bond acceptors (Lipinski definition) is 3. The molecule has 112 valence electrons. The lowest BCUT2D eigenvalue weighted by Gasteiger charge is -2.16. The van der Waals surface area contributed by atoms with Crippen molar-refractivity contribution in [2.45, 2.75) is 13.0 Å². The van der Waals surface area contributed by atoms with Gasteiger partial charge in [-0.25, -0.2) is 4.39 Å². The Morgan fingerprint density at radius 3 is 2.71 bits per heavy atom. The number of carbonyl (C=O) groups excluding carboxylic acids is 1. The topological polar surface area (TPSA) is 32.3 Å². The summed E-state index contributed by atoms with van der Waals surface area (Å²) in [6, 6.07) is 10.4. The molecule has 5 heteroatoms. The fourth-order valence-electron chi connectivity index (χ4n) is 2.04. The molecule has 1 heterocycles. The molecule has 2 aromatic rings. The predicted molar refractivity (Wildman–Crippen MR) is 83.8 cm³/mol. The molecule has 0 saturated heterocycles. The molecule has 0 unspecified atom stereocenters. The largest absolute Gasteiger partial charge is 0.355 e. The van der Waals surface area contributed by atoms with E-state index in [1.807, 2.05) is 23.4 Å². The summed E-state index contributed by atoms with van der Waals surface area (Å²) in [5, 5.41) is 4.95. The lowest BCUT2D eigenvalue weighted by atomic mass is 10.2. The number of amides is 1. The number of rotatable bonds is 7. The van der Waals surface area contributed by atoms with Crippen molar-refractivity contribution in [1.82, 2.24) is 10.2 Å². The van der Waals surface area contributed by atoms with Crippen LogP contribution in [0.1, 0.15) is 10.4 Å². The lowest BCUT2D eigenvalue weighted by molar-refractivity contribution is -0.122. The lowest BCUT2D eigenvalue weighted by Crippen LogP contribution is -2.35. The molecule has 0 fully saturated rings. The number of carbonyl (C=O) groups is 1. The first-order valence-electron chi connectivity index (χ1n) is 6.85. The van der Waals surface area contributed by atoms with Gasteiger partial charge >= 0.3 is 0 Å². The molecule has 1 amide bonds. The minimum absolute atomic E-state index is 0.0103. The van der Waals surface area contributed by atoms with E-state index in [1.54, 1.807) is 23.5 Å². The molecular weight excluding hydrogens is 287 g/mol. The van der Waals surface area contributed by atoms with E-state index < -0.39 is 0 Å². The average molecular weight is 306 g/mol. The van der Waals surface area contributed by atoms with Crippen LogP contribution >= 0.6 is 11.3 Å². The van der Waals surface area contributed by atoms with Gasteiger partial charge in [-0.15, -0.1) is 11.3 Å². The molecular formula is C16H19FN2OS. The molecule has 2 rings (SSSR count). The van der Waals surface area contributed by atoms with Crippen LogP contribution in [0.4, 0.5) is 4.39 Å². The van der Waals surface area contributed by atoms with Crippen LogP contribution in [0.5, 0.6) is 0 Å². The first-order valence-corrected chi connectivity index (χ1v) is 7.73. The zero-order valence-electron chi connectivity index (χ0n) is 12.0. The van der Waals surface area contributed by atoms with Crippen LogP contribution in [0, 0.1) is 5.82 Å². The Bertz CT molecular complexity index is 554. The second-order valence-corrected chi connectivity index (χ2v) is 6.01. The number of nitrogens with zero attached hydrogens (tertiary/aromatic N) is 1. The minimum Gasteiger partial charge on any atom is -0.355 e. The predicted octanol–water partition coefficient (Wildman–Crippen LogP) is 2.68. The zero-order valence-corrected chi connectivity index (χ0v) is 12.8. The van der Waals surface area contributed by atoms with Gasteiger partial charge < -0.3 is 5.32 Å². The van der Waals surface area contributed by atoms with Crippen LogP contribution in [0.15, 0.2) is 41.8 Å². The van der Waals surface area contributed by atoms with Gasteiger partial charge in [0.1, 0.15) is 5.82 Å². The number of benzene rings is 1. The first kappa shape index (κ1) is 15.7. The number of halogens is 1. The van der Waals surface area contributed by atoms with Crippen molar-refractivity contribution >= 4 is 17.2 Å². The van der Waals surface area contributed by atoms with Gasteiger partial charge in [0.05, 0.1) is 6.54 Å². The molecule has 1 aromatic carbocycles. The minimum atomic E-state index is -0.243. The normalized spacial score (nSPS) is 10.8. The number of nitrogens with one attached hydrogen (secondary N) is 1. The molecule has 0 aliphatic heterocycles. The summed E-state index contributed by atoms with van der Waals surface area (Å²) in [5.74, 6) is -0.233. The first-order chi connectivity index (χ1) is 10.1. The second kappa shape index (κ2) is 7.90. The van der Waals surface area contributed by atoms with Crippen molar-refractivity contribution in [3.63, 3.8) is 0 Å². The van der Waals surface area contributed by atoms with Crippen molar-refractivity contribution in [1.29, 1.82) is 0 Å². The molecule has 0 radical (unpaired) electrons. The van der Waals surface area contributed by atoms with Gasteiger partial charge in [-0.05, 0) is 42.6 Å². The van der Waals surface area contributed by atoms with Crippen LogP contribution in [-0.4, -0.2) is 30.9 Å². The van der Waals surface area contributed by atoms with Gasteiger partial charge in [-0.2, -0.15) is 0 Å². The van der Waals surface area contributed by atoms with Gasteiger partial charge in [0.2, 0.25) is 5.91 Å². The van der Waals surface area contributed by atoms with E-state index in [2.05, 4.69) is 11.4 Å². The van der Waals surface area contributed by atoms with Gasteiger partial charge in [-0.3, -0.25) is 9.69 Å². The molecule has 3 nitrogen and oxygen atoms in total. The fourth-order valence-corrected chi connectivity index (χ4v) is 2.75. The Morgan fingerprint density at radius 2 is 2.05 bits per heavy atom. The maximum atomic E-state index is 12.8. The Morgan fingerprint density at radius 1 is 1.29 bits per heavy atom. The molecule has 21 heavy (non-hydrogen) atoms. The van der Waals surface area contributed by atoms with Crippen molar-refractivity contribution in [2.24, 2.45) is 0 Å². The monoisotopic (exact) mass is 306 g/mol. The SMILES string of the molecule is CN(CC(=O)NCCc1cccs1)Cc1ccc(F)cc1. The van der Waals surface area contributed by atoms with E-state index >= 15 is 0 Å². The van der Waals surface area contributed by atoms with Gasteiger partial charge in [0.15, 0.2) is 0 Å². The van der Waals surface area contributed by atoms with E-state index in [9.17, 15) is 9.18 Å². The van der Waals surface area contributed by atoms with Crippen LogP contribution in [-0.2, 0) is 17.8 Å². The third-order valence-electron chi connectivity index (χ3n) is 3.05. The summed E-state index contributed by atoms with van der Waals surface area (Å²) in [6.45, 7) is 1.62. The summed E-state index contributed by atoms with van der Waals surface area (Å²) in [5.41, 5.74) is 0.991. The molecule has 1 N–H and O–H groups in total. The van der Waals surface area contributed by atoms with E-state index in [-0.39, 0.29) is 11.7 Å². The van der Waals surface area contributed by atoms with Crippen molar-refractivity contribution in [3.8, 4) is 0 Å². The zero-order chi connectivity index (χ0) is 15.1.